The molecule has 1 aliphatic rings. The number of aliphatic imine (C=N–C) groups is 1. The molecule has 1 saturated heterocycles. The van der Waals surface area contributed by atoms with E-state index in [9.17, 15) is 0 Å². The number of nitrogens with two attached hydrogens (primary N) is 1. The first-order chi connectivity index (χ1) is 7.81. The topological polar surface area (TPSA) is 41.6 Å². The number of amidine groups is 1. The van der Waals surface area contributed by atoms with E-state index >= 15 is 0 Å². The summed E-state index contributed by atoms with van der Waals surface area (Å²) in [6.45, 7) is 2.26. The fraction of sp³-hybridized carbons (Fsp3) is 0.417. The molecule has 86 valence electrons. The van der Waals surface area contributed by atoms with Crippen LogP contribution in [0.25, 0.3) is 0 Å². The molecule has 0 aromatic heterocycles. The molecule has 1 fully saturated rings. The van der Waals surface area contributed by atoms with Crippen LogP contribution in [0.15, 0.2) is 29.3 Å². The Labute approximate surface area is 101 Å². The van der Waals surface area contributed by atoms with Crippen molar-refractivity contribution in [3.05, 3.63) is 24.3 Å². The molecule has 16 heavy (non-hydrogen) atoms. The van der Waals surface area contributed by atoms with Crippen molar-refractivity contribution in [1.29, 1.82) is 0 Å². The van der Waals surface area contributed by atoms with Crippen molar-refractivity contribution in [1.82, 2.24) is 0 Å². The fourth-order valence-electron chi connectivity index (χ4n) is 1.95. The van der Waals surface area contributed by atoms with Gasteiger partial charge in [0.1, 0.15) is 0 Å². The Balaban J connectivity index is 2.29. The highest BCUT2D eigenvalue weighted by molar-refractivity contribution is 8.13. The molecule has 0 atom stereocenters. The number of benzene rings is 1. The number of nitrogens with zero attached hydrogens (tertiary/aromatic N) is 2. The first kappa shape index (κ1) is 11.3. The maximum Gasteiger partial charge on any atom is 0.158 e. The molecule has 4 heteroatoms. The van der Waals surface area contributed by atoms with Gasteiger partial charge in [-0.2, -0.15) is 0 Å². The van der Waals surface area contributed by atoms with E-state index < -0.39 is 0 Å². The van der Waals surface area contributed by atoms with Gasteiger partial charge in [-0.25, -0.2) is 4.99 Å². The predicted octanol–water partition coefficient (Wildman–Crippen LogP) is 2.60. The van der Waals surface area contributed by atoms with E-state index in [0.717, 1.165) is 18.8 Å². The molecular formula is C12H17N3S. The van der Waals surface area contributed by atoms with E-state index in [1.165, 1.54) is 30.3 Å². The summed E-state index contributed by atoms with van der Waals surface area (Å²) in [4.78, 5) is 6.82. The van der Waals surface area contributed by atoms with Crippen LogP contribution >= 0.6 is 11.8 Å². The summed E-state index contributed by atoms with van der Waals surface area (Å²) in [6, 6.07) is 8.21. The molecule has 1 aliphatic heterocycles. The SMILES string of the molecule is CSC(N)=Nc1ccccc1N1CCCC1. The van der Waals surface area contributed by atoms with Crippen molar-refractivity contribution in [2.24, 2.45) is 10.7 Å². The Morgan fingerprint density at radius 2 is 2.00 bits per heavy atom. The van der Waals surface area contributed by atoms with E-state index in [4.69, 9.17) is 5.73 Å². The number of para-hydroxylation sites is 2. The van der Waals surface area contributed by atoms with Crippen LogP contribution in [0.4, 0.5) is 11.4 Å². The molecule has 0 spiro atoms. The maximum atomic E-state index is 5.77. The van der Waals surface area contributed by atoms with Gasteiger partial charge in [-0.1, -0.05) is 23.9 Å². The van der Waals surface area contributed by atoms with Crippen molar-refractivity contribution in [3.8, 4) is 0 Å². The van der Waals surface area contributed by atoms with Crippen LogP contribution in [0, 0.1) is 0 Å². The number of hydrogen-bond donors (Lipinski definition) is 1. The number of anilines is 1. The molecule has 0 aliphatic carbocycles. The molecule has 0 radical (unpaired) electrons. The zero-order valence-corrected chi connectivity index (χ0v) is 10.3. The van der Waals surface area contributed by atoms with Gasteiger partial charge < -0.3 is 10.6 Å². The molecular weight excluding hydrogens is 218 g/mol. The number of rotatable bonds is 2. The minimum absolute atomic E-state index is 0.617. The summed E-state index contributed by atoms with van der Waals surface area (Å²) < 4.78 is 0. The Morgan fingerprint density at radius 1 is 1.31 bits per heavy atom. The lowest BCUT2D eigenvalue weighted by Crippen LogP contribution is -2.17. The van der Waals surface area contributed by atoms with Crippen LogP contribution in [0.1, 0.15) is 12.8 Å². The Hall–Kier alpha value is -1.16. The molecule has 1 aromatic carbocycles. The molecule has 0 amide bonds. The summed E-state index contributed by atoms with van der Waals surface area (Å²) in [7, 11) is 0. The summed E-state index contributed by atoms with van der Waals surface area (Å²) in [5, 5.41) is 0.617. The van der Waals surface area contributed by atoms with E-state index in [2.05, 4.69) is 22.0 Å². The molecule has 2 N–H and O–H groups in total. The Morgan fingerprint density at radius 3 is 2.69 bits per heavy atom. The highest BCUT2D eigenvalue weighted by Crippen LogP contribution is 2.31. The van der Waals surface area contributed by atoms with Gasteiger partial charge in [0.05, 0.1) is 11.4 Å². The summed E-state index contributed by atoms with van der Waals surface area (Å²) in [5.74, 6) is 0. The van der Waals surface area contributed by atoms with Crippen LogP contribution in [0.3, 0.4) is 0 Å². The highest BCUT2D eigenvalue weighted by atomic mass is 32.2. The van der Waals surface area contributed by atoms with E-state index in [1.54, 1.807) is 0 Å². The van der Waals surface area contributed by atoms with Gasteiger partial charge in [0, 0.05) is 13.1 Å². The van der Waals surface area contributed by atoms with Gasteiger partial charge in [-0.3, -0.25) is 0 Å². The van der Waals surface area contributed by atoms with Crippen LogP contribution in [0.2, 0.25) is 0 Å². The predicted molar refractivity (Wildman–Crippen MR) is 72.7 cm³/mol. The molecule has 1 aromatic rings. The molecule has 2 rings (SSSR count). The van der Waals surface area contributed by atoms with Gasteiger partial charge in [-0.15, -0.1) is 0 Å². The average molecular weight is 235 g/mol. The second-order valence-corrected chi connectivity index (χ2v) is 4.66. The third kappa shape index (κ3) is 2.50. The highest BCUT2D eigenvalue weighted by Gasteiger charge is 2.14. The van der Waals surface area contributed by atoms with Gasteiger partial charge in [0.2, 0.25) is 0 Å². The zero-order chi connectivity index (χ0) is 11.4. The Bertz CT molecular complexity index is 384. The maximum absolute atomic E-state index is 5.77. The first-order valence-corrected chi connectivity index (χ1v) is 6.76. The van der Waals surface area contributed by atoms with Crippen LogP contribution in [-0.4, -0.2) is 24.5 Å². The van der Waals surface area contributed by atoms with Crippen molar-refractivity contribution >= 4 is 28.3 Å². The van der Waals surface area contributed by atoms with Crippen molar-refractivity contribution in [3.63, 3.8) is 0 Å². The first-order valence-electron chi connectivity index (χ1n) is 5.53. The van der Waals surface area contributed by atoms with Crippen molar-refractivity contribution in [2.75, 3.05) is 24.2 Å². The van der Waals surface area contributed by atoms with E-state index in [-0.39, 0.29) is 0 Å². The standard InChI is InChI=1S/C12H17N3S/c1-16-12(13)14-10-6-2-3-7-11(10)15-8-4-5-9-15/h2-3,6-7H,4-5,8-9H2,1H3,(H2,13,14). The lowest BCUT2D eigenvalue weighted by Gasteiger charge is -2.19. The smallest absolute Gasteiger partial charge is 0.158 e. The van der Waals surface area contributed by atoms with Crippen molar-refractivity contribution < 1.29 is 0 Å². The fourth-order valence-corrected chi connectivity index (χ4v) is 2.14. The van der Waals surface area contributed by atoms with Gasteiger partial charge in [0.25, 0.3) is 0 Å². The van der Waals surface area contributed by atoms with Gasteiger partial charge in [0.15, 0.2) is 5.17 Å². The number of hydrogen-bond acceptors (Lipinski definition) is 3. The summed E-state index contributed by atoms with van der Waals surface area (Å²) in [6.07, 6.45) is 4.49. The van der Waals surface area contributed by atoms with E-state index in [0.29, 0.717) is 5.17 Å². The molecule has 0 unspecified atom stereocenters. The zero-order valence-electron chi connectivity index (χ0n) is 9.52. The molecule has 3 nitrogen and oxygen atoms in total. The molecule has 0 saturated carbocycles. The van der Waals surface area contributed by atoms with Crippen LogP contribution in [-0.2, 0) is 0 Å². The largest absolute Gasteiger partial charge is 0.378 e. The van der Waals surface area contributed by atoms with Gasteiger partial charge in [-0.05, 0) is 31.2 Å². The quantitative estimate of drug-likeness (QED) is 0.633. The van der Waals surface area contributed by atoms with Crippen LogP contribution in [0.5, 0.6) is 0 Å². The minimum Gasteiger partial charge on any atom is -0.378 e. The third-order valence-electron chi connectivity index (χ3n) is 2.77. The average Bonchev–Trinajstić information content (AvgIpc) is 2.83. The second-order valence-electron chi connectivity index (χ2n) is 3.84. The summed E-state index contributed by atoms with van der Waals surface area (Å²) >= 11 is 1.48. The Kier molecular flexibility index (Phi) is 3.72. The third-order valence-corrected chi connectivity index (χ3v) is 3.28. The van der Waals surface area contributed by atoms with Gasteiger partial charge >= 0.3 is 0 Å². The van der Waals surface area contributed by atoms with E-state index in [1.807, 2.05) is 18.4 Å². The minimum atomic E-state index is 0.617. The van der Waals surface area contributed by atoms with Crippen LogP contribution < -0.4 is 10.6 Å². The molecule has 1 heterocycles. The monoisotopic (exact) mass is 235 g/mol. The van der Waals surface area contributed by atoms with Crippen molar-refractivity contribution in [2.45, 2.75) is 12.8 Å². The number of thioether (sulfide) groups is 1. The molecule has 0 bridgehead atoms. The normalized spacial score (nSPS) is 16.8. The lowest BCUT2D eigenvalue weighted by atomic mass is 10.2. The second kappa shape index (κ2) is 5.25. The summed E-state index contributed by atoms with van der Waals surface area (Å²) in [5.41, 5.74) is 7.96. The lowest BCUT2D eigenvalue weighted by molar-refractivity contribution is 0.949.